The van der Waals surface area contributed by atoms with Gasteiger partial charge in [-0.2, -0.15) is 5.26 Å². The smallest absolute Gasteiger partial charge is 0.242 e. The molecule has 1 aliphatic rings. The fraction of sp³-hybridized carbons (Fsp3) is 0.391. The van der Waals surface area contributed by atoms with E-state index in [2.05, 4.69) is 20.3 Å². The van der Waals surface area contributed by atoms with Gasteiger partial charge in [0.05, 0.1) is 22.5 Å². The molecule has 1 N–H and O–H groups in total. The Bertz CT molecular complexity index is 1310. The zero-order chi connectivity index (χ0) is 22.6. The highest BCUT2D eigenvalue weighted by Gasteiger charge is 2.29. The van der Waals surface area contributed by atoms with Gasteiger partial charge in [0.15, 0.2) is 0 Å². The van der Waals surface area contributed by atoms with Crippen molar-refractivity contribution in [3.63, 3.8) is 0 Å². The minimum absolute atomic E-state index is 0.0536. The highest BCUT2D eigenvalue weighted by Crippen LogP contribution is 2.42. The van der Waals surface area contributed by atoms with E-state index in [-0.39, 0.29) is 16.8 Å². The van der Waals surface area contributed by atoms with Crippen LogP contribution in [0.25, 0.3) is 22.3 Å². The predicted octanol–water partition coefficient (Wildman–Crippen LogP) is 4.82. The number of benzene rings is 1. The first-order valence-corrected chi connectivity index (χ1v) is 11.7. The van der Waals surface area contributed by atoms with Crippen LogP contribution in [0.1, 0.15) is 57.2 Å². The summed E-state index contributed by atoms with van der Waals surface area (Å²) in [7, 11) is -3.72. The molecular weight excluding hydrogens is 415 g/mol. The van der Waals surface area contributed by atoms with Crippen molar-refractivity contribution in [1.82, 2.24) is 14.3 Å². The molecular formula is C23H25FN4O2S. The largest absolute Gasteiger partial charge is 0.335 e. The monoisotopic (exact) mass is 440 g/mol. The average Bonchev–Trinajstić information content (AvgIpc) is 2.92. The maximum Gasteiger partial charge on any atom is 0.242 e. The van der Waals surface area contributed by atoms with Crippen LogP contribution in [0, 0.1) is 24.1 Å². The zero-order valence-corrected chi connectivity index (χ0v) is 18.8. The summed E-state index contributed by atoms with van der Waals surface area (Å²) in [5, 5.41) is 10.5. The van der Waals surface area contributed by atoms with E-state index < -0.39 is 15.6 Å². The van der Waals surface area contributed by atoms with Crippen molar-refractivity contribution in [2.45, 2.75) is 63.4 Å². The number of nitriles is 1. The van der Waals surface area contributed by atoms with Gasteiger partial charge in [-0.3, -0.25) is 4.98 Å². The van der Waals surface area contributed by atoms with Gasteiger partial charge in [0, 0.05) is 23.2 Å². The van der Waals surface area contributed by atoms with Crippen molar-refractivity contribution in [1.29, 1.82) is 5.26 Å². The highest BCUT2D eigenvalue weighted by atomic mass is 32.2. The van der Waals surface area contributed by atoms with Crippen LogP contribution in [0.15, 0.2) is 35.4 Å². The predicted molar refractivity (Wildman–Crippen MR) is 118 cm³/mol. The molecule has 1 aromatic carbocycles. The summed E-state index contributed by atoms with van der Waals surface area (Å²) in [6.45, 7) is 7.01. The lowest BCUT2D eigenvalue weighted by Crippen LogP contribution is -2.40. The molecule has 8 heteroatoms. The van der Waals surface area contributed by atoms with Crippen molar-refractivity contribution in [3.05, 3.63) is 47.4 Å². The van der Waals surface area contributed by atoms with Crippen LogP contribution in [0.4, 0.5) is 4.39 Å². The van der Waals surface area contributed by atoms with E-state index in [0.29, 0.717) is 27.9 Å². The number of aromatic nitrogens is 2. The number of sulfonamides is 1. The number of pyridine rings is 1. The molecule has 0 amide bonds. The molecule has 1 saturated carbocycles. The third-order valence-corrected chi connectivity index (χ3v) is 7.31. The van der Waals surface area contributed by atoms with E-state index >= 15 is 0 Å². The Morgan fingerprint density at radius 2 is 1.97 bits per heavy atom. The summed E-state index contributed by atoms with van der Waals surface area (Å²) in [6, 6.07) is 8.73. The lowest BCUT2D eigenvalue weighted by atomic mass is 9.92. The van der Waals surface area contributed by atoms with Gasteiger partial charge in [0.25, 0.3) is 0 Å². The molecule has 0 radical (unpaired) electrons. The molecule has 0 unspecified atom stereocenters. The van der Waals surface area contributed by atoms with E-state index in [0.717, 1.165) is 24.8 Å². The average molecular weight is 441 g/mol. The number of halogens is 1. The minimum Gasteiger partial charge on any atom is -0.335 e. The van der Waals surface area contributed by atoms with Crippen molar-refractivity contribution in [2.24, 2.45) is 0 Å². The summed E-state index contributed by atoms with van der Waals surface area (Å²) in [5.74, 6) is -0.357. The molecule has 1 fully saturated rings. The normalized spacial score (nSPS) is 15.1. The van der Waals surface area contributed by atoms with Gasteiger partial charge in [-0.05, 0) is 76.8 Å². The van der Waals surface area contributed by atoms with E-state index in [1.807, 2.05) is 0 Å². The third kappa shape index (κ3) is 3.84. The van der Waals surface area contributed by atoms with E-state index in [9.17, 15) is 18.1 Å². The minimum atomic E-state index is -3.72. The number of nitrogens with zero attached hydrogens (tertiary/aromatic N) is 3. The Kier molecular flexibility index (Phi) is 5.15. The van der Waals surface area contributed by atoms with Crippen LogP contribution in [0.5, 0.6) is 0 Å². The quantitative estimate of drug-likeness (QED) is 0.630. The van der Waals surface area contributed by atoms with Crippen LogP contribution in [0.2, 0.25) is 0 Å². The fourth-order valence-corrected chi connectivity index (χ4v) is 5.33. The van der Waals surface area contributed by atoms with Gasteiger partial charge in [0.1, 0.15) is 16.8 Å². The molecule has 4 rings (SSSR count). The molecule has 3 aromatic rings. The Balaban J connectivity index is 1.89. The Labute approximate surface area is 181 Å². The number of fused-ring (bicyclic) bond motifs is 1. The fourth-order valence-electron chi connectivity index (χ4n) is 3.96. The first kappa shape index (κ1) is 21.5. The van der Waals surface area contributed by atoms with Crippen LogP contribution in [-0.2, 0) is 10.0 Å². The SMILES string of the molecule is Cc1cc2c(cc1F)c(C#N)c(-c1ccc(S(=O)(=O)NC(C)(C)C)cn1)n2C1CCC1. The van der Waals surface area contributed by atoms with Crippen LogP contribution in [0.3, 0.4) is 0 Å². The van der Waals surface area contributed by atoms with E-state index in [1.54, 1.807) is 39.8 Å². The van der Waals surface area contributed by atoms with Crippen molar-refractivity contribution >= 4 is 20.9 Å². The molecule has 6 nitrogen and oxygen atoms in total. The first-order chi connectivity index (χ1) is 14.5. The number of hydrogen-bond acceptors (Lipinski definition) is 4. The molecule has 2 aromatic heterocycles. The lowest BCUT2D eigenvalue weighted by Gasteiger charge is -2.30. The van der Waals surface area contributed by atoms with Crippen molar-refractivity contribution in [2.75, 3.05) is 0 Å². The summed E-state index contributed by atoms with van der Waals surface area (Å²) >= 11 is 0. The first-order valence-electron chi connectivity index (χ1n) is 10.3. The topological polar surface area (TPSA) is 87.8 Å². The highest BCUT2D eigenvalue weighted by molar-refractivity contribution is 7.89. The Morgan fingerprint density at radius 1 is 1.26 bits per heavy atom. The molecule has 0 atom stereocenters. The molecule has 162 valence electrons. The molecule has 0 spiro atoms. The number of aryl methyl sites for hydroxylation is 1. The second-order valence-corrected chi connectivity index (χ2v) is 10.8. The standard InChI is InChI=1S/C23H25FN4O2S/c1-14-10-21-17(11-19(14)24)18(12-25)22(28(21)15-6-5-7-15)20-9-8-16(13-26-20)31(29,30)27-23(2,3)4/h8-11,13,15,27H,5-7H2,1-4H3. The van der Waals surface area contributed by atoms with Crippen molar-refractivity contribution in [3.8, 4) is 17.5 Å². The second-order valence-electron chi connectivity index (χ2n) is 9.14. The Morgan fingerprint density at radius 3 is 2.48 bits per heavy atom. The van der Waals surface area contributed by atoms with Gasteiger partial charge in [0.2, 0.25) is 10.0 Å². The molecule has 2 heterocycles. The van der Waals surface area contributed by atoms with Crippen LogP contribution in [-0.4, -0.2) is 23.5 Å². The van der Waals surface area contributed by atoms with E-state index in [4.69, 9.17) is 0 Å². The summed E-state index contributed by atoms with van der Waals surface area (Å²) in [5.41, 5.74) is 2.17. The third-order valence-electron chi connectivity index (χ3n) is 5.56. The lowest BCUT2D eigenvalue weighted by molar-refractivity contribution is 0.324. The molecule has 31 heavy (non-hydrogen) atoms. The van der Waals surface area contributed by atoms with Gasteiger partial charge in [-0.15, -0.1) is 0 Å². The number of hydrogen-bond donors (Lipinski definition) is 1. The maximum atomic E-state index is 14.3. The molecule has 1 aliphatic carbocycles. The number of nitrogens with one attached hydrogen (secondary N) is 1. The number of rotatable bonds is 4. The molecule has 0 saturated heterocycles. The molecule has 0 aliphatic heterocycles. The van der Waals surface area contributed by atoms with Gasteiger partial charge < -0.3 is 4.57 Å². The summed E-state index contributed by atoms with van der Waals surface area (Å²) in [4.78, 5) is 4.46. The van der Waals surface area contributed by atoms with Gasteiger partial charge in [-0.1, -0.05) is 0 Å². The van der Waals surface area contributed by atoms with Crippen molar-refractivity contribution < 1.29 is 12.8 Å². The second kappa shape index (κ2) is 7.43. The van der Waals surface area contributed by atoms with E-state index in [1.165, 1.54) is 18.3 Å². The summed E-state index contributed by atoms with van der Waals surface area (Å²) in [6.07, 6.45) is 4.34. The Hall–Kier alpha value is -2.76. The van der Waals surface area contributed by atoms with Gasteiger partial charge in [-0.25, -0.2) is 17.5 Å². The van der Waals surface area contributed by atoms with Gasteiger partial charge >= 0.3 is 0 Å². The zero-order valence-electron chi connectivity index (χ0n) is 18.0. The summed E-state index contributed by atoms with van der Waals surface area (Å²) < 4.78 is 44.2. The van der Waals surface area contributed by atoms with Crippen LogP contribution >= 0.6 is 0 Å². The molecule has 0 bridgehead atoms. The van der Waals surface area contributed by atoms with Crippen LogP contribution < -0.4 is 4.72 Å². The maximum absolute atomic E-state index is 14.3.